The first-order valence-corrected chi connectivity index (χ1v) is 9.68. The van der Waals surface area contributed by atoms with Crippen molar-refractivity contribution < 1.29 is 4.39 Å². The van der Waals surface area contributed by atoms with E-state index in [1.807, 2.05) is 0 Å². The first kappa shape index (κ1) is 18.7. The Labute approximate surface area is 164 Å². The van der Waals surface area contributed by atoms with Gasteiger partial charge in [0.1, 0.15) is 5.82 Å². The molecule has 4 rings (SSSR count). The molecule has 0 saturated heterocycles. The van der Waals surface area contributed by atoms with E-state index in [1.165, 1.54) is 17.2 Å². The van der Waals surface area contributed by atoms with E-state index in [-0.39, 0.29) is 11.2 Å². The van der Waals surface area contributed by atoms with Crippen molar-refractivity contribution in [1.29, 1.82) is 0 Å². The lowest BCUT2D eigenvalue weighted by atomic mass is 9.76. The summed E-state index contributed by atoms with van der Waals surface area (Å²) in [6.07, 6.45) is 4.17. The van der Waals surface area contributed by atoms with Gasteiger partial charge < -0.3 is 4.98 Å². The fourth-order valence-electron chi connectivity index (χ4n) is 4.64. The molecule has 0 radical (unpaired) electrons. The van der Waals surface area contributed by atoms with Crippen LogP contribution in [-0.2, 0) is 17.3 Å². The van der Waals surface area contributed by atoms with Crippen LogP contribution in [0.25, 0.3) is 21.9 Å². The van der Waals surface area contributed by atoms with Crippen molar-refractivity contribution in [2.45, 2.75) is 58.8 Å². The highest BCUT2D eigenvalue weighted by Gasteiger charge is 2.30. The van der Waals surface area contributed by atoms with E-state index in [0.29, 0.717) is 12.0 Å². The molecule has 28 heavy (non-hydrogen) atoms. The zero-order chi connectivity index (χ0) is 20.3. The minimum atomic E-state index is -0.433. The van der Waals surface area contributed by atoms with Gasteiger partial charge >= 0.3 is 0 Å². The van der Waals surface area contributed by atoms with E-state index < -0.39 is 5.41 Å². The summed E-state index contributed by atoms with van der Waals surface area (Å²) < 4.78 is 14.9. The number of hydrogen-bond donors (Lipinski definition) is 2. The Kier molecular flexibility index (Phi) is 4.11. The van der Waals surface area contributed by atoms with Gasteiger partial charge in [-0.2, -0.15) is 5.10 Å². The predicted molar refractivity (Wildman–Crippen MR) is 112 cm³/mol. The molecule has 0 aliphatic carbocycles. The second kappa shape index (κ2) is 6.16. The van der Waals surface area contributed by atoms with Gasteiger partial charge in [0.05, 0.1) is 29.1 Å². The van der Waals surface area contributed by atoms with Crippen LogP contribution >= 0.6 is 0 Å². The summed E-state index contributed by atoms with van der Waals surface area (Å²) in [5, 5.41) is 8.02. The zero-order valence-electron chi connectivity index (χ0n) is 17.4. The van der Waals surface area contributed by atoms with Crippen molar-refractivity contribution >= 4 is 21.9 Å². The van der Waals surface area contributed by atoms with Crippen molar-refractivity contribution in [3.05, 3.63) is 58.8 Å². The van der Waals surface area contributed by atoms with E-state index in [4.69, 9.17) is 0 Å². The van der Waals surface area contributed by atoms with Gasteiger partial charge in [-0.15, -0.1) is 0 Å². The first-order valence-electron chi connectivity index (χ1n) is 9.68. The molecular formula is C23H27FN4. The number of fused-ring (bicyclic) bond motifs is 2. The molecule has 0 atom stereocenters. The third-order valence-corrected chi connectivity index (χ3v) is 5.60. The molecule has 0 spiro atoms. The molecule has 2 N–H and O–H groups in total. The SMILES string of the molecule is Cc1cc(CC(C)(C)c2c(F)ccc3cn[nH]c23)c2nc[nH]c2c1C(C)(C)C. The molecular weight excluding hydrogens is 351 g/mol. The van der Waals surface area contributed by atoms with Crippen LogP contribution < -0.4 is 0 Å². The van der Waals surface area contributed by atoms with Crippen LogP contribution in [0.5, 0.6) is 0 Å². The van der Waals surface area contributed by atoms with Crippen LogP contribution in [0.15, 0.2) is 30.7 Å². The van der Waals surface area contributed by atoms with E-state index in [2.05, 4.69) is 67.8 Å². The lowest BCUT2D eigenvalue weighted by Gasteiger charge is -2.28. The van der Waals surface area contributed by atoms with Gasteiger partial charge in [-0.3, -0.25) is 5.10 Å². The fraction of sp³-hybridized carbons (Fsp3) is 0.391. The van der Waals surface area contributed by atoms with Crippen LogP contribution in [0.2, 0.25) is 0 Å². The number of nitrogens with one attached hydrogen (secondary N) is 2. The van der Waals surface area contributed by atoms with Gasteiger partial charge in [0.15, 0.2) is 0 Å². The third-order valence-electron chi connectivity index (χ3n) is 5.60. The van der Waals surface area contributed by atoms with E-state index in [9.17, 15) is 4.39 Å². The maximum atomic E-state index is 14.9. The van der Waals surface area contributed by atoms with Gasteiger partial charge in [-0.05, 0) is 53.0 Å². The van der Waals surface area contributed by atoms with E-state index >= 15 is 0 Å². The number of benzene rings is 2. The number of aromatic nitrogens is 4. The van der Waals surface area contributed by atoms with Crippen molar-refractivity contribution in [1.82, 2.24) is 20.2 Å². The lowest BCUT2D eigenvalue weighted by Crippen LogP contribution is -2.23. The van der Waals surface area contributed by atoms with Crippen LogP contribution in [0.3, 0.4) is 0 Å². The minimum Gasteiger partial charge on any atom is -0.344 e. The molecule has 4 aromatic rings. The highest BCUT2D eigenvalue weighted by atomic mass is 19.1. The largest absolute Gasteiger partial charge is 0.344 e. The Hall–Kier alpha value is -2.69. The molecule has 0 bridgehead atoms. The Balaban J connectivity index is 1.87. The molecule has 0 saturated carbocycles. The molecule has 5 heteroatoms. The lowest BCUT2D eigenvalue weighted by molar-refractivity contribution is 0.486. The van der Waals surface area contributed by atoms with E-state index in [1.54, 1.807) is 18.6 Å². The molecule has 0 fully saturated rings. The van der Waals surface area contributed by atoms with Gasteiger partial charge in [0.2, 0.25) is 0 Å². The Bertz CT molecular complexity index is 1170. The number of hydrogen-bond acceptors (Lipinski definition) is 2. The van der Waals surface area contributed by atoms with Crippen LogP contribution in [0.1, 0.15) is 56.9 Å². The first-order chi connectivity index (χ1) is 13.1. The maximum absolute atomic E-state index is 14.9. The summed E-state index contributed by atoms with van der Waals surface area (Å²) in [4.78, 5) is 7.95. The number of aromatic amines is 2. The summed E-state index contributed by atoms with van der Waals surface area (Å²) in [5.74, 6) is -0.206. The molecule has 0 aliphatic rings. The molecule has 2 aromatic carbocycles. The highest BCUT2D eigenvalue weighted by Crippen LogP contribution is 2.38. The number of rotatable bonds is 3. The average molecular weight is 378 g/mol. The molecule has 146 valence electrons. The summed E-state index contributed by atoms with van der Waals surface area (Å²) in [7, 11) is 0. The third kappa shape index (κ3) is 2.89. The van der Waals surface area contributed by atoms with Gasteiger partial charge in [0.25, 0.3) is 0 Å². The average Bonchev–Trinajstić information content (AvgIpc) is 3.21. The number of halogens is 1. The molecule has 2 aromatic heterocycles. The summed E-state index contributed by atoms with van der Waals surface area (Å²) in [5.41, 5.74) is 6.71. The molecule has 4 nitrogen and oxygen atoms in total. The van der Waals surface area contributed by atoms with Crippen LogP contribution in [0, 0.1) is 12.7 Å². The molecule has 0 unspecified atom stereocenters. The van der Waals surface area contributed by atoms with Gasteiger partial charge in [-0.1, -0.05) is 40.7 Å². The molecule has 2 heterocycles. The van der Waals surface area contributed by atoms with Gasteiger partial charge in [0, 0.05) is 10.9 Å². The summed E-state index contributed by atoms with van der Waals surface area (Å²) >= 11 is 0. The number of H-pyrrole nitrogens is 2. The monoisotopic (exact) mass is 378 g/mol. The standard InChI is InChI=1S/C23H27FN4/c1-13-9-15(20-21(26-12-25-20)17(13)22(2,3)4)10-23(5,6)18-16(24)8-7-14-11-27-28-19(14)18/h7-9,11-12H,10H2,1-6H3,(H,25,26)(H,27,28). The fourth-order valence-corrected chi connectivity index (χ4v) is 4.64. The highest BCUT2D eigenvalue weighted by molar-refractivity contribution is 5.85. The quantitative estimate of drug-likeness (QED) is 0.480. The molecule has 0 amide bonds. The Morgan fingerprint density at radius 1 is 1.04 bits per heavy atom. The normalized spacial score (nSPS) is 13.0. The van der Waals surface area contributed by atoms with Crippen molar-refractivity contribution in [3.8, 4) is 0 Å². The Morgan fingerprint density at radius 2 is 1.79 bits per heavy atom. The zero-order valence-corrected chi connectivity index (χ0v) is 17.4. The van der Waals surface area contributed by atoms with Crippen LogP contribution in [-0.4, -0.2) is 20.2 Å². The smallest absolute Gasteiger partial charge is 0.129 e. The summed E-state index contributed by atoms with van der Waals surface area (Å²) in [6.45, 7) is 13.0. The second-order valence-corrected chi connectivity index (χ2v) is 9.42. The number of aryl methyl sites for hydroxylation is 1. The van der Waals surface area contributed by atoms with Crippen molar-refractivity contribution in [2.75, 3.05) is 0 Å². The van der Waals surface area contributed by atoms with Gasteiger partial charge in [-0.25, -0.2) is 9.37 Å². The minimum absolute atomic E-state index is 0.0105. The predicted octanol–water partition coefficient (Wildman–Crippen LogP) is 5.70. The maximum Gasteiger partial charge on any atom is 0.129 e. The Morgan fingerprint density at radius 3 is 2.50 bits per heavy atom. The molecule has 0 aliphatic heterocycles. The topological polar surface area (TPSA) is 57.4 Å². The second-order valence-electron chi connectivity index (χ2n) is 9.42. The van der Waals surface area contributed by atoms with Crippen molar-refractivity contribution in [3.63, 3.8) is 0 Å². The van der Waals surface area contributed by atoms with E-state index in [0.717, 1.165) is 27.5 Å². The number of nitrogens with zero attached hydrogens (tertiary/aromatic N) is 2. The van der Waals surface area contributed by atoms with Crippen molar-refractivity contribution in [2.24, 2.45) is 0 Å². The number of imidazole rings is 1. The summed E-state index contributed by atoms with van der Waals surface area (Å²) in [6, 6.07) is 5.52. The van der Waals surface area contributed by atoms with Crippen LogP contribution in [0.4, 0.5) is 4.39 Å².